The van der Waals surface area contributed by atoms with Crippen LogP contribution in [0.4, 0.5) is 0 Å². The van der Waals surface area contributed by atoms with Crippen molar-refractivity contribution in [1.29, 1.82) is 0 Å². The number of aliphatic imine (C=N–C) groups is 1. The fourth-order valence-electron chi connectivity index (χ4n) is 4.33. The molecule has 2 saturated heterocycles. The average Bonchev–Trinajstić information content (AvgIpc) is 3.09. The number of nitrogens with zero attached hydrogens (tertiary/aromatic N) is 4. The van der Waals surface area contributed by atoms with Crippen molar-refractivity contribution in [3.8, 4) is 0 Å². The van der Waals surface area contributed by atoms with E-state index in [1.165, 1.54) is 84.1 Å². The van der Waals surface area contributed by atoms with E-state index in [0.29, 0.717) is 6.04 Å². The van der Waals surface area contributed by atoms with Crippen molar-refractivity contribution in [3.63, 3.8) is 0 Å². The van der Waals surface area contributed by atoms with E-state index in [1.54, 1.807) is 0 Å². The van der Waals surface area contributed by atoms with Crippen molar-refractivity contribution in [3.05, 3.63) is 0 Å². The van der Waals surface area contributed by atoms with Crippen LogP contribution in [0.2, 0.25) is 0 Å². The Balaban J connectivity index is 1.56. The first-order chi connectivity index (χ1) is 12.2. The van der Waals surface area contributed by atoms with Crippen LogP contribution < -0.4 is 5.32 Å². The first kappa shape index (κ1) is 20.5. The van der Waals surface area contributed by atoms with E-state index in [-0.39, 0.29) is 0 Å². The summed E-state index contributed by atoms with van der Waals surface area (Å²) in [5, 5.41) is 3.56. The Bertz CT molecular complexity index is 378. The van der Waals surface area contributed by atoms with E-state index in [0.717, 1.165) is 19.0 Å². The Morgan fingerprint density at radius 3 is 2.60 bits per heavy atom. The fraction of sp³-hybridized carbons (Fsp3) is 0.950. The van der Waals surface area contributed by atoms with Gasteiger partial charge in [-0.1, -0.05) is 19.8 Å². The second-order valence-corrected chi connectivity index (χ2v) is 7.74. The lowest BCUT2D eigenvalue weighted by Crippen LogP contribution is -2.46. The molecule has 5 heteroatoms. The Kier molecular flexibility index (Phi) is 9.63. The minimum Gasteiger partial charge on any atom is -0.356 e. The maximum Gasteiger partial charge on any atom is 0.193 e. The van der Waals surface area contributed by atoms with Crippen molar-refractivity contribution < 1.29 is 0 Å². The molecule has 2 rings (SSSR count). The molecule has 0 aromatic heterocycles. The van der Waals surface area contributed by atoms with Crippen LogP contribution in [-0.4, -0.2) is 86.6 Å². The van der Waals surface area contributed by atoms with Gasteiger partial charge in [0.15, 0.2) is 5.96 Å². The molecule has 2 fully saturated rings. The molecule has 0 saturated carbocycles. The van der Waals surface area contributed by atoms with Crippen LogP contribution in [0, 0.1) is 0 Å². The molecule has 0 amide bonds. The molecule has 0 aliphatic carbocycles. The Hall–Kier alpha value is -0.810. The summed E-state index contributed by atoms with van der Waals surface area (Å²) in [6.45, 7) is 10.8. The molecule has 2 heterocycles. The van der Waals surface area contributed by atoms with Crippen LogP contribution in [0.5, 0.6) is 0 Å². The number of hydrogen-bond donors (Lipinski definition) is 1. The lowest BCUT2D eigenvalue weighted by Gasteiger charge is -2.29. The highest BCUT2D eigenvalue weighted by Crippen LogP contribution is 2.17. The number of nitrogens with one attached hydrogen (secondary N) is 1. The van der Waals surface area contributed by atoms with Gasteiger partial charge in [-0.05, 0) is 71.2 Å². The highest BCUT2D eigenvalue weighted by atomic mass is 15.3. The van der Waals surface area contributed by atoms with Gasteiger partial charge in [-0.2, -0.15) is 0 Å². The summed E-state index contributed by atoms with van der Waals surface area (Å²) in [6, 6.07) is 0.693. The summed E-state index contributed by atoms with van der Waals surface area (Å²) in [5.74, 6) is 1.05. The van der Waals surface area contributed by atoms with E-state index in [1.807, 2.05) is 7.05 Å². The van der Waals surface area contributed by atoms with Gasteiger partial charge in [0.2, 0.25) is 0 Å². The number of guanidine groups is 1. The van der Waals surface area contributed by atoms with Crippen molar-refractivity contribution in [2.24, 2.45) is 4.99 Å². The molecule has 5 nitrogen and oxygen atoms in total. The highest BCUT2D eigenvalue weighted by Gasteiger charge is 2.24. The zero-order valence-corrected chi connectivity index (χ0v) is 17.0. The summed E-state index contributed by atoms with van der Waals surface area (Å²) in [7, 11) is 4.08. The molecular formula is C20H41N5. The van der Waals surface area contributed by atoms with Crippen molar-refractivity contribution >= 4 is 5.96 Å². The van der Waals surface area contributed by atoms with Gasteiger partial charge in [-0.3, -0.25) is 9.89 Å². The number of rotatable bonds is 9. The highest BCUT2D eigenvalue weighted by molar-refractivity contribution is 5.79. The topological polar surface area (TPSA) is 34.1 Å². The zero-order chi connectivity index (χ0) is 17.9. The van der Waals surface area contributed by atoms with Crippen molar-refractivity contribution in [1.82, 2.24) is 20.0 Å². The predicted octanol–water partition coefficient (Wildman–Crippen LogP) is 2.63. The number of likely N-dealkylation sites (tertiary alicyclic amines) is 2. The molecule has 2 aliphatic heterocycles. The lowest BCUT2D eigenvalue weighted by atomic mass is 10.1. The maximum absolute atomic E-state index is 4.48. The molecule has 2 aliphatic rings. The van der Waals surface area contributed by atoms with E-state index in [4.69, 9.17) is 0 Å². The second kappa shape index (κ2) is 11.7. The molecule has 1 atom stereocenters. The normalized spacial score (nSPS) is 23.2. The SMILES string of the molecule is CCN1CCCC1CN(C)C(=NC)NCCCCCN1CCCCC1. The molecule has 146 valence electrons. The Labute approximate surface area is 155 Å². The second-order valence-electron chi connectivity index (χ2n) is 7.74. The molecule has 0 radical (unpaired) electrons. The summed E-state index contributed by atoms with van der Waals surface area (Å²) in [4.78, 5) is 12.0. The molecule has 1 unspecified atom stereocenters. The number of unbranched alkanes of at least 4 members (excludes halogenated alkanes) is 2. The Morgan fingerprint density at radius 1 is 1.08 bits per heavy atom. The minimum absolute atomic E-state index is 0.693. The molecule has 25 heavy (non-hydrogen) atoms. The van der Waals surface area contributed by atoms with Crippen LogP contribution in [0.1, 0.15) is 58.3 Å². The van der Waals surface area contributed by atoms with E-state index in [9.17, 15) is 0 Å². The summed E-state index contributed by atoms with van der Waals surface area (Å²) < 4.78 is 0. The molecule has 0 aromatic rings. The molecule has 0 aromatic carbocycles. The van der Waals surface area contributed by atoms with E-state index < -0.39 is 0 Å². The fourth-order valence-corrected chi connectivity index (χ4v) is 4.33. The number of piperidine rings is 1. The van der Waals surface area contributed by atoms with Crippen LogP contribution in [0.3, 0.4) is 0 Å². The van der Waals surface area contributed by atoms with E-state index >= 15 is 0 Å². The summed E-state index contributed by atoms with van der Waals surface area (Å²) in [5.41, 5.74) is 0. The first-order valence-electron chi connectivity index (χ1n) is 10.6. The third-order valence-corrected chi connectivity index (χ3v) is 5.85. The predicted molar refractivity (Wildman–Crippen MR) is 108 cm³/mol. The third kappa shape index (κ3) is 7.14. The molecule has 0 spiro atoms. The van der Waals surface area contributed by atoms with Gasteiger partial charge >= 0.3 is 0 Å². The van der Waals surface area contributed by atoms with Crippen LogP contribution in [0.15, 0.2) is 4.99 Å². The van der Waals surface area contributed by atoms with Crippen molar-refractivity contribution in [2.45, 2.75) is 64.3 Å². The molecule has 1 N–H and O–H groups in total. The summed E-state index contributed by atoms with van der Waals surface area (Å²) in [6.07, 6.45) is 10.8. The van der Waals surface area contributed by atoms with Gasteiger partial charge in [0.05, 0.1) is 0 Å². The largest absolute Gasteiger partial charge is 0.356 e. The third-order valence-electron chi connectivity index (χ3n) is 5.85. The quantitative estimate of drug-likeness (QED) is 0.393. The van der Waals surface area contributed by atoms with Crippen LogP contribution in [0.25, 0.3) is 0 Å². The number of hydrogen-bond acceptors (Lipinski definition) is 3. The van der Waals surface area contributed by atoms with Crippen LogP contribution >= 0.6 is 0 Å². The van der Waals surface area contributed by atoms with Gasteiger partial charge in [0, 0.05) is 33.2 Å². The maximum atomic E-state index is 4.48. The monoisotopic (exact) mass is 351 g/mol. The van der Waals surface area contributed by atoms with Gasteiger partial charge in [0.1, 0.15) is 0 Å². The van der Waals surface area contributed by atoms with E-state index in [2.05, 4.69) is 39.0 Å². The standard InChI is InChI=1S/C20H41N5/c1-4-25-17-11-12-19(25)18-23(3)20(21-2)22-13-7-5-8-14-24-15-9-6-10-16-24/h19H,4-18H2,1-3H3,(H,21,22). The van der Waals surface area contributed by atoms with Crippen molar-refractivity contribution in [2.75, 3.05) is 59.9 Å². The number of likely N-dealkylation sites (N-methyl/N-ethyl adjacent to an activating group) is 2. The average molecular weight is 352 g/mol. The first-order valence-corrected chi connectivity index (χ1v) is 10.6. The lowest BCUT2D eigenvalue weighted by molar-refractivity contribution is 0.224. The molecular weight excluding hydrogens is 310 g/mol. The van der Waals surface area contributed by atoms with Crippen LogP contribution in [-0.2, 0) is 0 Å². The van der Waals surface area contributed by atoms with Gasteiger partial charge in [-0.15, -0.1) is 0 Å². The van der Waals surface area contributed by atoms with Gasteiger partial charge in [-0.25, -0.2) is 0 Å². The Morgan fingerprint density at radius 2 is 1.88 bits per heavy atom. The molecule has 0 bridgehead atoms. The van der Waals surface area contributed by atoms with Gasteiger partial charge < -0.3 is 15.1 Å². The smallest absolute Gasteiger partial charge is 0.193 e. The van der Waals surface area contributed by atoms with Gasteiger partial charge in [0.25, 0.3) is 0 Å². The zero-order valence-electron chi connectivity index (χ0n) is 17.0. The summed E-state index contributed by atoms with van der Waals surface area (Å²) >= 11 is 0. The minimum atomic E-state index is 0.693.